The number of likely N-dealkylation sites (tertiary alicyclic amines) is 1. The van der Waals surface area contributed by atoms with E-state index in [0.717, 1.165) is 25.9 Å². The van der Waals surface area contributed by atoms with Crippen LogP contribution in [-0.2, 0) is 4.79 Å². The first-order chi connectivity index (χ1) is 9.99. The second-order valence-electron chi connectivity index (χ2n) is 5.53. The fourth-order valence-corrected chi connectivity index (χ4v) is 2.86. The van der Waals surface area contributed by atoms with Crippen LogP contribution in [0.25, 0.3) is 0 Å². The third-order valence-electron chi connectivity index (χ3n) is 3.97. The van der Waals surface area contributed by atoms with Crippen molar-refractivity contribution in [3.63, 3.8) is 0 Å². The summed E-state index contributed by atoms with van der Waals surface area (Å²) >= 11 is 5.69. The van der Waals surface area contributed by atoms with E-state index in [-0.39, 0.29) is 17.0 Å². The van der Waals surface area contributed by atoms with Crippen LogP contribution in [0.2, 0.25) is 5.02 Å². The van der Waals surface area contributed by atoms with Crippen LogP contribution in [0.3, 0.4) is 0 Å². The predicted octanol–water partition coefficient (Wildman–Crippen LogP) is 2.48. The molecule has 6 heteroatoms. The number of anilines is 1. The standard InChI is InChI=1S/C15H21ClFN3O/c1-2-10-8-20(6-5-14(10)18)9-15(21)19-11-3-4-13(17)12(16)7-11/h3-4,7,10,14H,2,5-6,8-9,18H2,1H3,(H,19,21). The zero-order chi connectivity index (χ0) is 15.4. The first-order valence-corrected chi connectivity index (χ1v) is 7.60. The van der Waals surface area contributed by atoms with Gasteiger partial charge in [-0.3, -0.25) is 9.69 Å². The highest BCUT2D eigenvalue weighted by Crippen LogP contribution is 2.20. The van der Waals surface area contributed by atoms with E-state index in [1.165, 1.54) is 18.2 Å². The molecule has 2 unspecified atom stereocenters. The number of carbonyl (C=O) groups is 1. The molecule has 3 N–H and O–H groups in total. The monoisotopic (exact) mass is 313 g/mol. The van der Waals surface area contributed by atoms with Gasteiger partial charge in [0.1, 0.15) is 5.82 Å². The van der Waals surface area contributed by atoms with Crippen LogP contribution in [-0.4, -0.2) is 36.5 Å². The van der Waals surface area contributed by atoms with E-state index in [2.05, 4.69) is 17.1 Å². The fourth-order valence-electron chi connectivity index (χ4n) is 2.68. The third kappa shape index (κ3) is 4.40. The maximum absolute atomic E-state index is 13.1. The maximum Gasteiger partial charge on any atom is 0.238 e. The number of amides is 1. The molecule has 0 saturated carbocycles. The van der Waals surface area contributed by atoms with Gasteiger partial charge in [0.15, 0.2) is 0 Å². The second-order valence-corrected chi connectivity index (χ2v) is 5.94. The van der Waals surface area contributed by atoms with Crippen molar-refractivity contribution in [3.05, 3.63) is 29.0 Å². The summed E-state index contributed by atoms with van der Waals surface area (Å²) in [7, 11) is 0. The van der Waals surface area contributed by atoms with Gasteiger partial charge < -0.3 is 11.1 Å². The molecular formula is C15H21ClFN3O. The number of nitrogens with two attached hydrogens (primary N) is 1. The molecule has 1 aliphatic heterocycles. The summed E-state index contributed by atoms with van der Waals surface area (Å²) in [6.07, 6.45) is 1.93. The average Bonchev–Trinajstić information content (AvgIpc) is 2.45. The zero-order valence-corrected chi connectivity index (χ0v) is 12.9. The molecule has 1 saturated heterocycles. The first kappa shape index (κ1) is 16.2. The van der Waals surface area contributed by atoms with E-state index in [9.17, 15) is 9.18 Å². The van der Waals surface area contributed by atoms with Gasteiger partial charge >= 0.3 is 0 Å². The number of piperidine rings is 1. The predicted molar refractivity (Wildman–Crippen MR) is 82.9 cm³/mol. The fraction of sp³-hybridized carbons (Fsp3) is 0.533. The highest BCUT2D eigenvalue weighted by atomic mass is 35.5. The summed E-state index contributed by atoms with van der Waals surface area (Å²) in [4.78, 5) is 14.1. The van der Waals surface area contributed by atoms with Gasteiger partial charge in [0.2, 0.25) is 5.91 Å². The Morgan fingerprint density at radius 2 is 2.33 bits per heavy atom. The molecule has 0 spiro atoms. The van der Waals surface area contributed by atoms with E-state index in [1.807, 2.05) is 0 Å². The summed E-state index contributed by atoms with van der Waals surface area (Å²) in [5, 5.41) is 2.74. The lowest BCUT2D eigenvalue weighted by atomic mass is 9.91. The Kier molecular flexibility index (Phi) is 5.56. The maximum atomic E-state index is 13.1. The van der Waals surface area contributed by atoms with Crippen LogP contribution in [0.1, 0.15) is 19.8 Å². The topological polar surface area (TPSA) is 58.4 Å². The molecule has 0 radical (unpaired) electrons. The van der Waals surface area contributed by atoms with Gasteiger partial charge in [-0.2, -0.15) is 0 Å². The normalized spacial score (nSPS) is 23.0. The van der Waals surface area contributed by atoms with Crippen LogP contribution >= 0.6 is 11.6 Å². The van der Waals surface area contributed by atoms with Crippen LogP contribution in [0.4, 0.5) is 10.1 Å². The van der Waals surface area contributed by atoms with Gasteiger partial charge in [0.05, 0.1) is 11.6 Å². The van der Waals surface area contributed by atoms with Crippen molar-refractivity contribution in [2.45, 2.75) is 25.8 Å². The molecule has 21 heavy (non-hydrogen) atoms. The molecular weight excluding hydrogens is 293 g/mol. The zero-order valence-electron chi connectivity index (χ0n) is 12.1. The molecule has 116 valence electrons. The summed E-state index contributed by atoms with van der Waals surface area (Å²) in [6, 6.07) is 4.38. The first-order valence-electron chi connectivity index (χ1n) is 7.22. The summed E-state index contributed by atoms with van der Waals surface area (Å²) in [5.74, 6) is -0.180. The number of benzene rings is 1. The van der Waals surface area contributed by atoms with Crippen molar-refractivity contribution in [1.29, 1.82) is 0 Å². The highest BCUT2D eigenvalue weighted by molar-refractivity contribution is 6.31. The number of nitrogens with zero attached hydrogens (tertiary/aromatic N) is 1. The van der Waals surface area contributed by atoms with Gasteiger partial charge in [0, 0.05) is 24.8 Å². The lowest BCUT2D eigenvalue weighted by Gasteiger charge is -2.36. The Labute approximate surface area is 129 Å². The highest BCUT2D eigenvalue weighted by Gasteiger charge is 2.26. The number of hydrogen-bond donors (Lipinski definition) is 2. The van der Waals surface area contributed by atoms with Crippen LogP contribution in [0.5, 0.6) is 0 Å². The lowest BCUT2D eigenvalue weighted by Crippen LogP contribution is -2.48. The summed E-state index contributed by atoms with van der Waals surface area (Å²) in [5.41, 5.74) is 6.57. The number of nitrogens with one attached hydrogen (secondary N) is 1. The minimum atomic E-state index is -0.495. The van der Waals surface area contributed by atoms with Gasteiger partial charge in [-0.25, -0.2) is 4.39 Å². The largest absolute Gasteiger partial charge is 0.327 e. The second kappa shape index (κ2) is 7.20. The SMILES string of the molecule is CCC1CN(CC(=O)Nc2ccc(F)c(Cl)c2)CCC1N. The molecule has 1 amide bonds. The number of rotatable bonds is 4. The van der Waals surface area contributed by atoms with Crippen LogP contribution in [0.15, 0.2) is 18.2 Å². The Morgan fingerprint density at radius 3 is 3.00 bits per heavy atom. The van der Waals surface area contributed by atoms with E-state index in [1.54, 1.807) is 0 Å². The minimum absolute atomic E-state index is 0.00259. The summed E-state index contributed by atoms with van der Waals surface area (Å²) in [6.45, 7) is 4.11. The Bertz CT molecular complexity index is 512. The molecule has 1 aromatic carbocycles. The number of hydrogen-bond acceptors (Lipinski definition) is 3. The van der Waals surface area contributed by atoms with Crippen molar-refractivity contribution in [1.82, 2.24) is 4.90 Å². The average molecular weight is 314 g/mol. The van der Waals surface area contributed by atoms with E-state index in [4.69, 9.17) is 17.3 Å². The van der Waals surface area contributed by atoms with Crippen molar-refractivity contribution >= 4 is 23.2 Å². The molecule has 1 heterocycles. The van der Waals surface area contributed by atoms with Crippen LogP contribution < -0.4 is 11.1 Å². The lowest BCUT2D eigenvalue weighted by molar-refractivity contribution is -0.117. The molecule has 2 atom stereocenters. The van der Waals surface area contributed by atoms with Gasteiger partial charge in [0.25, 0.3) is 0 Å². The quantitative estimate of drug-likeness (QED) is 0.898. The molecule has 0 bridgehead atoms. The minimum Gasteiger partial charge on any atom is -0.327 e. The molecule has 0 aromatic heterocycles. The number of halogens is 2. The van der Waals surface area contributed by atoms with Gasteiger partial charge in [-0.05, 0) is 30.5 Å². The van der Waals surface area contributed by atoms with E-state index < -0.39 is 5.82 Å². The Morgan fingerprint density at radius 1 is 1.57 bits per heavy atom. The van der Waals surface area contributed by atoms with E-state index >= 15 is 0 Å². The molecule has 1 aliphatic rings. The smallest absolute Gasteiger partial charge is 0.238 e. The summed E-state index contributed by atoms with van der Waals surface area (Å²) < 4.78 is 13.1. The molecule has 4 nitrogen and oxygen atoms in total. The van der Waals surface area contributed by atoms with Gasteiger partial charge in [-0.15, -0.1) is 0 Å². The van der Waals surface area contributed by atoms with E-state index in [0.29, 0.717) is 18.2 Å². The van der Waals surface area contributed by atoms with Crippen molar-refractivity contribution in [3.8, 4) is 0 Å². The molecule has 1 aromatic rings. The molecule has 1 fully saturated rings. The van der Waals surface area contributed by atoms with Crippen molar-refractivity contribution in [2.24, 2.45) is 11.7 Å². The Balaban J connectivity index is 1.88. The van der Waals surface area contributed by atoms with Crippen LogP contribution in [0, 0.1) is 11.7 Å². The van der Waals surface area contributed by atoms with Crippen molar-refractivity contribution in [2.75, 3.05) is 25.0 Å². The molecule has 2 rings (SSSR count). The molecule has 0 aliphatic carbocycles. The third-order valence-corrected chi connectivity index (χ3v) is 4.26. The van der Waals surface area contributed by atoms with Crippen molar-refractivity contribution < 1.29 is 9.18 Å². The Hall–Kier alpha value is -1.17. The number of carbonyl (C=O) groups excluding carboxylic acids is 1. The van der Waals surface area contributed by atoms with Gasteiger partial charge in [-0.1, -0.05) is 24.9 Å².